The van der Waals surface area contributed by atoms with Crippen LogP contribution < -0.4 is 15.1 Å². The van der Waals surface area contributed by atoms with Gasteiger partial charge in [-0.3, -0.25) is 14.4 Å². The SMILES string of the molecule is COC(=O)C1CC[NH+](CCC(=O)Nc2ccc(N3CCCC3=O)cc2)CC1. The maximum absolute atomic E-state index is 12.2. The summed E-state index contributed by atoms with van der Waals surface area (Å²) in [7, 11) is 1.43. The van der Waals surface area contributed by atoms with Crippen molar-refractivity contribution in [1.82, 2.24) is 0 Å². The highest BCUT2D eigenvalue weighted by molar-refractivity contribution is 5.96. The number of anilines is 2. The number of nitrogens with zero attached hydrogens (tertiary/aromatic N) is 1. The molecular weight excluding hydrogens is 346 g/mol. The number of benzene rings is 1. The minimum Gasteiger partial charge on any atom is -0.469 e. The van der Waals surface area contributed by atoms with E-state index in [1.54, 1.807) is 4.90 Å². The molecule has 2 amide bonds. The van der Waals surface area contributed by atoms with Gasteiger partial charge < -0.3 is 19.9 Å². The first-order valence-electron chi connectivity index (χ1n) is 9.68. The van der Waals surface area contributed by atoms with E-state index in [4.69, 9.17) is 4.74 Å². The first kappa shape index (κ1) is 19.4. The quantitative estimate of drug-likeness (QED) is 0.715. The van der Waals surface area contributed by atoms with Crippen LogP contribution in [-0.4, -0.2) is 51.1 Å². The molecule has 2 N–H and O–H groups in total. The molecule has 3 rings (SSSR count). The second-order valence-electron chi connectivity index (χ2n) is 7.29. The second kappa shape index (κ2) is 8.99. The smallest absolute Gasteiger partial charge is 0.309 e. The fourth-order valence-electron chi connectivity index (χ4n) is 3.84. The summed E-state index contributed by atoms with van der Waals surface area (Å²) in [6, 6.07) is 7.43. The molecule has 146 valence electrons. The zero-order valence-corrected chi connectivity index (χ0v) is 15.8. The molecule has 7 nitrogen and oxygen atoms in total. The third-order valence-corrected chi connectivity index (χ3v) is 5.47. The summed E-state index contributed by atoms with van der Waals surface area (Å²) < 4.78 is 4.80. The highest BCUT2D eigenvalue weighted by Crippen LogP contribution is 2.23. The zero-order valence-electron chi connectivity index (χ0n) is 15.8. The lowest BCUT2D eigenvalue weighted by molar-refractivity contribution is -0.905. The predicted octanol–water partition coefficient (Wildman–Crippen LogP) is 0.610. The van der Waals surface area contributed by atoms with Gasteiger partial charge in [-0.2, -0.15) is 0 Å². The molecule has 0 unspecified atom stereocenters. The van der Waals surface area contributed by atoms with E-state index in [1.807, 2.05) is 24.3 Å². The van der Waals surface area contributed by atoms with E-state index in [0.717, 1.165) is 56.8 Å². The molecule has 0 radical (unpaired) electrons. The first-order valence-corrected chi connectivity index (χ1v) is 9.68. The molecule has 7 heteroatoms. The van der Waals surface area contributed by atoms with Crippen LogP contribution in [0.5, 0.6) is 0 Å². The molecule has 2 aliphatic heterocycles. The van der Waals surface area contributed by atoms with Crippen LogP contribution in [0.3, 0.4) is 0 Å². The fourth-order valence-corrected chi connectivity index (χ4v) is 3.84. The molecular formula is C20H28N3O4+. The van der Waals surface area contributed by atoms with Gasteiger partial charge in [-0.25, -0.2) is 0 Å². The number of likely N-dealkylation sites (tertiary alicyclic amines) is 1. The van der Waals surface area contributed by atoms with Crippen molar-refractivity contribution < 1.29 is 24.0 Å². The Labute approximate surface area is 159 Å². The van der Waals surface area contributed by atoms with Crippen molar-refractivity contribution in [2.45, 2.75) is 32.1 Å². The Bertz CT molecular complexity index is 681. The number of hydrogen-bond acceptors (Lipinski definition) is 4. The molecule has 2 fully saturated rings. The number of quaternary nitrogens is 1. The maximum Gasteiger partial charge on any atom is 0.309 e. The molecule has 2 heterocycles. The van der Waals surface area contributed by atoms with Gasteiger partial charge in [0.25, 0.3) is 0 Å². The molecule has 0 aromatic heterocycles. The number of carbonyl (C=O) groups excluding carboxylic acids is 3. The van der Waals surface area contributed by atoms with Gasteiger partial charge in [0.05, 0.1) is 39.1 Å². The normalized spacial score (nSPS) is 22.6. The van der Waals surface area contributed by atoms with Crippen molar-refractivity contribution >= 4 is 29.2 Å². The maximum atomic E-state index is 12.2. The Morgan fingerprint density at radius 3 is 2.52 bits per heavy atom. The Morgan fingerprint density at radius 2 is 1.93 bits per heavy atom. The summed E-state index contributed by atoms with van der Waals surface area (Å²) in [6.45, 7) is 3.32. The van der Waals surface area contributed by atoms with Crippen molar-refractivity contribution in [1.29, 1.82) is 0 Å². The summed E-state index contributed by atoms with van der Waals surface area (Å²) in [5.74, 6) is 0.0350. The van der Waals surface area contributed by atoms with Crippen LogP contribution in [-0.2, 0) is 19.1 Å². The largest absolute Gasteiger partial charge is 0.469 e. The lowest BCUT2D eigenvalue weighted by Gasteiger charge is -2.27. The monoisotopic (exact) mass is 374 g/mol. The van der Waals surface area contributed by atoms with E-state index in [1.165, 1.54) is 12.0 Å². The topological polar surface area (TPSA) is 80.2 Å². The molecule has 2 saturated heterocycles. The van der Waals surface area contributed by atoms with Crippen LogP contribution in [0.25, 0.3) is 0 Å². The van der Waals surface area contributed by atoms with Crippen LogP contribution >= 0.6 is 0 Å². The van der Waals surface area contributed by atoms with Crippen molar-refractivity contribution in [2.24, 2.45) is 5.92 Å². The van der Waals surface area contributed by atoms with Crippen LogP contribution in [0.1, 0.15) is 32.1 Å². The van der Waals surface area contributed by atoms with Gasteiger partial charge in [0.1, 0.15) is 0 Å². The summed E-state index contributed by atoms with van der Waals surface area (Å²) in [5, 5.41) is 2.92. The van der Waals surface area contributed by atoms with Crippen LogP contribution in [0.2, 0.25) is 0 Å². The number of nitrogens with one attached hydrogen (secondary N) is 2. The van der Waals surface area contributed by atoms with Crippen LogP contribution in [0, 0.1) is 5.92 Å². The molecule has 1 aromatic carbocycles. The Kier molecular flexibility index (Phi) is 6.45. The lowest BCUT2D eigenvalue weighted by Crippen LogP contribution is -3.13. The summed E-state index contributed by atoms with van der Waals surface area (Å²) in [5.41, 5.74) is 1.63. The standard InChI is InChI=1S/C20H27N3O4/c1-27-20(26)15-8-12-22(13-9-15)14-10-18(24)21-16-4-6-17(7-5-16)23-11-2-3-19(23)25/h4-7,15H,2-3,8-14H2,1H3,(H,21,24)/p+1. The molecule has 2 aliphatic rings. The van der Waals surface area contributed by atoms with E-state index in [0.29, 0.717) is 12.8 Å². The molecule has 0 bridgehead atoms. The van der Waals surface area contributed by atoms with E-state index in [9.17, 15) is 14.4 Å². The average Bonchev–Trinajstić information content (AvgIpc) is 3.12. The second-order valence-corrected chi connectivity index (χ2v) is 7.29. The van der Waals surface area contributed by atoms with Crippen LogP contribution in [0.4, 0.5) is 11.4 Å². The first-order chi connectivity index (χ1) is 13.1. The number of ether oxygens (including phenoxy) is 1. The molecule has 27 heavy (non-hydrogen) atoms. The van der Waals surface area contributed by atoms with Gasteiger partial charge in [0.2, 0.25) is 11.8 Å². The molecule has 0 spiro atoms. The lowest BCUT2D eigenvalue weighted by atomic mass is 9.97. The minimum absolute atomic E-state index is 0.00794. The third kappa shape index (κ3) is 5.07. The van der Waals surface area contributed by atoms with Crippen LogP contribution in [0.15, 0.2) is 24.3 Å². The Hall–Kier alpha value is -2.41. The number of methoxy groups -OCH3 is 1. The number of esters is 1. The van der Waals surface area contributed by atoms with Gasteiger partial charge in [0, 0.05) is 37.2 Å². The highest BCUT2D eigenvalue weighted by Gasteiger charge is 2.28. The van der Waals surface area contributed by atoms with Gasteiger partial charge in [-0.1, -0.05) is 0 Å². The van der Waals surface area contributed by atoms with Crippen molar-refractivity contribution in [3.8, 4) is 0 Å². The minimum atomic E-state index is -0.120. The van der Waals surface area contributed by atoms with E-state index >= 15 is 0 Å². The third-order valence-electron chi connectivity index (χ3n) is 5.47. The van der Waals surface area contributed by atoms with Crippen molar-refractivity contribution in [3.05, 3.63) is 24.3 Å². The molecule has 0 saturated carbocycles. The molecule has 1 aromatic rings. The zero-order chi connectivity index (χ0) is 19.2. The highest BCUT2D eigenvalue weighted by atomic mass is 16.5. The van der Waals surface area contributed by atoms with E-state index in [-0.39, 0.29) is 23.7 Å². The number of amides is 2. The van der Waals surface area contributed by atoms with Crippen molar-refractivity contribution in [3.63, 3.8) is 0 Å². The van der Waals surface area contributed by atoms with Gasteiger partial charge in [-0.05, 0) is 30.7 Å². The van der Waals surface area contributed by atoms with E-state index in [2.05, 4.69) is 5.32 Å². The number of hydrogen-bond donors (Lipinski definition) is 2. The fraction of sp³-hybridized carbons (Fsp3) is 0.550. The number of piperidine rings is 1. The predicted molar refractivity (Wildman–Crippen MR) is 102 cm³/mol. The number of rotatable bonds is 6. The van der Waals surface area contributed by atoms with Gasteiger partial charge in [0.15, 0.2) is 0 Å². The molecule has 0 aliphatic carbocycles. The summed E-state index contributed by atoms with van der Waals surface area (Å²) in [4.78, 5) is 38.7. The van der Waals surface area contributed by atoms with Gasteiger partial charge in [-0.15, -0.1) is 0 Å². The Balaban J connectivity index is 1.41. The van der Waals surface area contributed by atoms with E-state index < -0.39 is 0 Å². The van der Waals surface area contributed by atoms with Crippen molar-refractivity contribution in [2.75, 3.05) is 43.5 Å². The average molecular weight is 374 g/mol. The molecule has 0 atom stereocenters. The summed E-state index contributed by atoms with van der Waals surface area (Å²) in [6.07, 6.45) is 3.60. The van der Waals surface area contributed by atoms with Gasteiger partial charge >= 0.3 is 5.97 Å². The summed E-state index contributed by atoms with van der Waals surface area (Å²) >= 11 is 0. The Morgan fingerprint density at radius 1 is 1.22 bits per heavy atom. The number of carbonyl (C=O) groups is 3.